The van der Waals surface area contributed by atoms with Gasteiger partial charge in [-0.05, 0) is 105 Å². The Labute approximate surface area is 315 Å². The van der Waals surface area contributed by atoms with E-state index in [2.05, 4.69) is 26.0 Å². The summed E-state index contributed by atoms with van der Waals surface area (Å²) in [6, 6.07) is 22.2. The number of hydrogen-bond acceptors (Lipinski definition) is 9. The zero-order valence-electron chi connectivity index (χ0n) is 29.6. The maximum atomic E-state index is 16.2. The van der Waals surface area contributed by atoms with Crippen molar-refractivity contribution < 1.29 is 28.2 Å². The third-order valence-corrected chi connectivity index (χ3v) is 11.3. The third kappa shape index (κ3) is 7.53. The van der Waals surface area contributed by atoms with Crippen molar-refractivity contribution in [3.63, 3.8) is 0 Å². The molecule has 14 heteroatoms. The van der Waals surface area contributed by atoms with Crippen molar-refractivity contribution in [2.45, 2.75) is 57.1 Å². The van der Waals surface area contributed by atoms with E-state index in [1.807, 2.05) is 60.7 Å². The van der Waals surface area contributed by atoms with Crippen molar-refractivity contribution >= 4 is 57.3 Å². The molecule has 1 unspecified atom stereocenters. The van der Waals surface area contributed by atoms with Crippen LogP contribution in [-0.2, 0) is 21.0 Å². The molecule has 0 bridgehead atoms. The van der Waals surface area contributed by atoms with Crippen LogP contribution in [-0.4, -0.2) is 65.0 Å². The number of carbonyl (C=O) groups is 3. The van der Waals surface area contributed by atoms with E-state index in [4.69, 9.17) is 9.47 Å². The molecule has 3 amide bonds. The molecule has 5 aromatic rings. The van der Waals surface area contributed by atoms with Gasteiger partial charge in [-0.3, -0.25) is 33.3 Å². The van der Waals surface area contributed by atoms with Gasteiger partial charge >= 0.3 is 5.69 Å². The minimum atomic E-state index is -0.697. The predicted molar refractivity (Wildman–Crippen MR) is 205 cm³/mol. The number of piperidine rings is 2. The van der Waals surface area contributed by atoms with Crippen LogP contribution in [0, 0.1) is 5.82 Å². The number of amides is 3. The molecule has 3 saturated heterocycles. The molecule has 0 aliphatic carbocycles. The Morgan fingerprint density at radius 2 is 1.70 bits per heavy atom. The van der Waals surface area contributed by atoms with E-state index >= 15 is 4.39 Å². The number of hydrogen-bond donors (Lipinski definition) is 3. The van der Waals surface area contributed by atoms with Gasteiger partial charge in [0.2, 0.25) is 11.8 Å². The SMILES string of the molecule is O=C1CN(c2c(OCc3ccccc3)cc3ccc(OCCCCN4CCC(c5ccc6c(c5)[nH]c(=O)n6C5CCC(=O)NC5=O)CC4)cc3c2F)SN1. The average Bonchev–Trinajstić information content (AvgIpc) is 3.75. The van der Waals surface area contributed by atoms with Gasteiger partial charge in [-0.25, -0.2) is 9.18 Å². The van der Waals surface area contributed by atoms with Crippen LogP contribution in [0.3, 0.4) is 0 Å². The van der Waals surface area contributed by atoms with Gasteiger partial charge in [0.25, 0.3) is 5.91 Å². The fourth-order valence-corrected chi connectivity index (χ4v) is 8.37. The number of ether oxygens (including phenoxy) is 2. The number of rotatable bonds is 12. The molecule has 1 atom stereocenters. The molecular formula is C40H41FN6O6S. The van der Waals surface area contributed by atoms with Crippen molar-refractivity contribution in [2.75, 3.05) is 37.1 Å². The van der Waals surface area contributed by atoms with Crippen LogP contribution in [0.2, 0.25) is 0 Å². The maximum Gasteiger partial charge on any atom is 0.327 e. The lowest BCUT2D eigenvalue weighted by Crippen LogP contribution is -2.43. The Morgan fingerprint density at radius 1 is 0.870 bits per heavy atom. The Kier molecular flexibility index (Phi) is 10.3. The van der Waals surface area contributed by atoms with Crippen LogP contribution in [0.1, 0.15) is 61.6 Å². The van der Waals surface area contributed by atoms with Crippen molar-refractivity contribution in [2.24, 2.45) is 0 Å². The number of unbranched alkanes of at least 4 members (excludes halogenated alkanes) is 1. The van der Waals surface area contributed by atoms with Gasteiger partial charge in [-0.1, -0.05) is 42.5 Å². The standard InChI is InChI=1S/C40H41FN6O6S/c41-37-30-22-29(10-8-28(30)21-34(38(37)46-23-36(49)44-54-46)53-24-25-6-2-1-3-7-25)52-19-5-4-16-45-17-14-26(15-18-45)27-9-11-32-31(20-27)42-40(51)47(32)33-12-13-35(48)43-39(33)50/h1-3,6-11,20-22,26,33H,4-5,12-19,23-24H2,(H,42,51)(H,44,49)(H,43,48,50). The number of benzene rings is 4. The zero-order chi connectivity index (χ0) is 37.2. The highest BCUT2D eigenvalue weighted by molar-refractivity contribution is 7.99. The van der Waals surface area contributed by atoms with Gasteiger partial charge in [-0.15, -0.1) is 0 Å². The molecule has 54 heavy (non-hydrogen) atoms. The third-order valence-electron chi connectivity index (χ3n) is 10.5. The number of H-pyrrole nitrogens is 1. The Bertz CT molecular complexity index is 2270. The van der Waals surface area contributed by atoms with Gasteiger partial charge in [0.15, 0.2) is 5.82 Å². The number of imidazole rings is 1. The van der Waals surface area contributed by atoms with Crippen LogP contribution in [0.15, 0.2) is 77.6 Å². The quantitative estimate of drug-likeness (QED) is 0.0831. The first kappa shape index (κ1) is 35.7. The first-order valence-electron chi connectivity index (χ1n) is 18.4. The number of aromatic amines is 1. The highest BCUT2D eigenvalue weighted by Gasteiger charge is 2.31. The van der Waals surface area contributed by atoms with Gasteiger partial charge in [-0.2, -0.15) is 0 Å². The van der Waals surface area contributed by atoms with Crippen molar-refractivity contribution in [1.29, 1.82) is 0 Å². The molecule has 3 N–H and O–H groups in total. The van der Waals surface area contributed by atoms with E-state index in [1.54, 1.807) is 10.4 Å². The number of likely N-dealkylation sites (tertiary alicyclic amines) is 1. The number of aromatic nitrogens is 2. The Hall–Kier alpha value is -5.34. The lowest BCUT2D eigenvalue weighted by atomic mass is 9.89. The molecule has 3 aliphatic rings. The van der Waals surface area contributed by atoms with Crippen LogP contribution in [0.4, 0.5) is 10.1 Å². The average molecular weight is 753 g/mol. The van der Waals surface area contributed by atoms with E-state index < -0.39 is 17.8 Å². The number of imide groups is 1. The molecule has 0 spiro atoms. The first-order chi connectivity index (χ1) is 26.3. The molecule has 3 aliphatic heterocycles. The van der Waals surface area contributed by atoms with Crippen molar-refractivity contribution in [1.82, 2.24) is 24.5 Å². The number of fused-ring (bicyclic) bond motifs is 2. The first-order valence-corrected chi connectivity index (χ1v) is 19.2. The molecule has 4 aromatic carbocycles. The van der Waals surface area contributed by atoms with Crippen molar-refractivity contribution in [3.8, 4) is 11.5 Å². The van der Waals surface area contributed by atoms with Gasteiger partial charge in [0, 0.05) is 11.8 Å². The summed E-state index contributed by atoms with van der Waals surface area (Å²) in [4.78, 5) is 54.3. The lowest BCUT2D eigenvalue weighted by Gasteiger charge is -2.32. The maximum absolute atomic E-state index is 16.2. The normalized spacial score (nSPS) is 18.4. The highest BCUT2D eigenvalue weighted by Crippen LogP contribution is 2.42. The zero-order valence-corrected chi connectivity index (χ0v) is 30.5. The summed E-state index contributed by atoms with van der Waals surface area (Å²) in [5.41, 5.74) is 3.39. The lowest BCUT2D eigenvalue weighted by molar-refractivity contribution is -0.135. The molecular weight excluding hydrogens is 712 g/mol. The molecule has 280 valence electrons. The monoisotopic (exact) mass is 752 g/mol. The summed E-state index contributed by atoms with van der Waals surface area (Å²) < 4.78 is 34.1. The van der Waals surface area contributed by atoms with E-state index in [0.29, 0.717) is 52.3 Å². The second kappa shape index (κ2) is 15.6. The minimum Gasteiger partial charge on any atom is -0.494 e. The van der Waals surface area contributed by atoms with Crippen molar-refractivity contribution in [3.05, 3.63) is 100 Å². The number of anilines is 1. The second-order valence-electron chi connectivity index (χ2n) is 14.1. The molecule has 0 saturated carbocycles. The molecule has 4 heterocycles. The largest absolute Gasteiger partial charge is 0.494 e. The summed E-state index contributed by atoms with van der Waals surface area (Å²) in [6.45, 7) is 3.68. The molecule has 3 fully saturated rings. The topological polar surface area (TPSA) is 138 Å². The van der Waals surface area contributed by atoms with Crippen LogP contribution >= 0.6 is 12.1 Å². The van der Waals surface area contributed by atoms with Crippen LogP contribution in [0.5, 0.6) is 11.5 Å². The predicted octanol–water partition coefficient (Wildman–Crippen LogP) is 5.72. The smallest absolute Gasteiger partial charge is 0.327 e. The molecule has 12 nitrogen and oxygen atoms in total. The summed E-state index contributed by atoms with van der Waals surface area (Å²) in [6.07, 6.45) is 4.34. The molecule has 8 rings (SSSR count). The minimum absolute atomic E-state index is 0.0172. The highest BCUT2D eigenvalue weighted by atomic mass is 32.2. The van der Waals surface area contributed by atoms with E-state index in [1.165, 1.54) is 10.1 Å². The molecule has 0 radical (unpaired) electrons. The number of carbonyl (C=O) groups excluding carboxylic acids is 3. The molecule has 1 aromatic heterocycles. The fourth-order valence-electron chi connectivity index (χ4n) is 7.65. The van der Waals surface area contributed by atoms with Crippen LogP contribution in [0.25, 0.3) is 21.8 Å². The van der Waals surface area contributed by atoms with Gasteiger partial charge in [0.1, 0.15) is 36.4 Å². The van der Waals surface area contributed by atoms with E-state index in [-0.39, 0.29) is 42.8 Å². The Morgan fingerprint density at radius 3 is 2.48 bits per heavy atom. The fraction of sp³-hybridized carbons (Fsp3) is 0.350. The van der Waals surface area contributed by atoms with Gasteiger partial charge < -0.3 is 19.4 Å². The summed E-state index contributed by atoms with van der Waals surface area (Å²) >= 11 is 1.05. The number of halogens is 1. The number of nitrogens with zero attached hydrogens (tertiary/aromatic N) is 3. The second-order valence-corrected chi connectivity index (χ2v) is 14.9. The van der Waals surface area contributed by atoms with E-state index in [0.717, 1.165) is 63.0 Å². The van der Waals surface area contributed by atoms with Gasteiger partial charge in [0.05, 0.1) is 29.8 Å². The van der Waals surface area contributed by atoms with E-state index in [9.17, 15) is 19.2 Å². The Balaban J connectivity index is 0.836. The summed E-state index contributed by atoms with van der Waals surface area (Å²) in [5.74, 6) is -0.0941. The summed E-state index contributed by atoms with van der Waals surface area (Å²) in [7, 11) is 0. The summed E-state index contributed by atoms with van der Waals surface area (Å²) in [5, 5.41) is 3.42. The van der Waals surface area contributed by atoms with Crippen LogP contribution < -0.4 is 29.5 Å². The number of nitrogens with one attached hydrogen (secondary N) is 3.